The maximum absolute atomic E-state index is 12.8. The summed E-state index contributed by atoms with van der Waals surface area (Å²) in [6.07, 6.45) is -1.82. The first-order valence-electron chi connectivity index (χ1n) is 9.60. The lowest BCUT2D eigenvalue weighted by Gasteiger charge is -2.24. The topological polar surface area (TPSA) is 83.8 Å². The summed E-state index contributed by atoms with van der Waals surface area (Å²) >= 11 is 0. The van der Waals surface area contributed by atoms with E-state index in [4.69, 9.17) is 14.2 Å². The zero-order valence-electron chi connectivity index (χ0n) is 17.0. The van der Waals surface area contributed by atoms with E-state index in [0.29, 0.717) is 29.9 Å². The lowest BCUT2D eigenvalue weighted by Crippen LogP contribution is -2.36. The molecule has 0 fully saturated rings. The van der Waals surface area contributed by atoms with Gasteiger partial charge in [0.25, 0.3) is 0 Å². The van der Waals surface area contributed by atoms with Crippen LogP contribution < -0.4 is 0 Å². The highest BCUT2D eigenvalue weighted by atomic mass is 16.8. The van der Waals surface area contributed by atoms with Crippen molar-refractivity contribution in [3.05, 3.63) is 59.4 Å². The van der Waals surface area contributed by atoms with Crippen LogP contribution in [-0.2, 0) is 31.0 Å². The molecule has 3 rings (SSSR count). The molecule has 1 aromatic carbocycles. The molecule has 2 heterocycles. The molecule has 0 saturated carbocycles. The van der Waals surface area contributed by atoms with E-state index in [1.807, 2.05) is 22.8 Å². The van der Waals surface area contributed by atoms with Gasteiger partial charge in [-0.25, -0.2) is 4.79 Å². The van der Waals surface area contributed by atoms with Gasteiger partial charge < -0.3 is 18.8 Å². The van der Waals surface area contributed by atoms with Crippen molar-refractivity contribution in [3.63, 3.8) is 0 Å². The smallest absolute Gasteiger partial charge is 0.431 e. The van der Waals surface area contributed by atoms with Crippen molar-refractivity contribution in [2.45, 2.75) is 58.5 Å². The minimum Gasteiger partial charge on any atom is -0.431 e. The van der Waals surface area contributed by atoms with Crippen molar-refractivity contribution < 1.29 is 28.6 Å². The molecule has 0 spiro atoms. The predicted molar refractivity (Wildman–Crippen MR) is 105 cm³/mol. The van der Waals surface area contributed by atoms with E-state index in [1.54, 1.807) is 45.0 Å². The van der Waals surface area contributed by atoms with Crippen LogP contribution in [-0.4, -0.2) is 34.9 Å². The molecule has 0 radical (unpaired) electrons. The standard InChI is InChI=1S/C22H25NO6/c1-14(2)27-21(26)29-15(3)28-20(25)22(4)12-13-23-17(10-11-18(22)23)19(24)16-8-6-5-7-9-16/h5-11,14-15H,12-13H2,1-4H3/t15?,22-/m0/s1. The van der Waals surface area contributed by atoms with Gasteiger partial charge in [-0.2, -0.15) is 0 Å². The fourth-order valence-corrected chi connectivity index (χ4v) is 3.46. The Hall–Kier alpha value is -3.09. The number of nitrogens with zero attached hydrogens (tertiary/aromatic N) is 1. The number of esters is 1. The van der Waals surface area contributed by atoms with Gasteiger partial charge in [0.1, 0.15) is 5.41 Å². The summed E-state index contributed by atoms with van der Waals surface area (Å²) in [5, 5.41) is 0. The van der Waals surface area contributed by atoms with Gasteiger partial charge in [-0.05, 0) is 39.3 Å². The van der Waals surface area contributed by atoms with Crippen LogP contribution in [0.4, 0.5) is 4.79 Å². The summed E-state index contributed by atoms with van der Waals surface area (Å²) in [7, 11) is 0. The first-order chi connectivity index (χ1) is 13.7. The third-order valence-electron chi connectivity index (χ3n) is 4.97. The Labute approximate surface area is 169 Å². The van der Waals surface area contributed by atoms with Crippen molar-refractivity contribution in [3.8, 4) is 0 Å². The summed E-state index contributed by atoms with van der Waals surface area (Å²) < 4.78 is 17.0. The number of ether oxygens (including phenoxy) is 3. The van der Waals surface area contributed by atoms with Crippen molar-refractivity contribution in [1.29, 1.82) is 0 Å². The summed E-state index contributed by atoms with van der Waals surface area (Å²) in [6.45, 7) is 7.14. The molecular weight excluding hydrogens is 374 g/mol. The summed E-state index contributed by atoms with van der Waals surface area (Å²) in [6, 6.07) is 12.5. The van der Waals surface area contributed by atoms with Crippen LogP contribution in [0.5, 0.6) is 0 Å². The molecule has 0 amide bonds. The molecular formula is C22H25NO6. The Morgan fingerprint density at radius 3 is 2.31 bits per heavy atom. The molecule has 0 saturated heterocycles. The fraction of sp³-hybridized carbons (Fsp3) is 0.409. The van der Waals surface area contributed by atoms with Gasteiger partial charge in [0.2, 0.25) is 12.1 Å². The molecule has 154 valence electrons. The highest BCUT2D eigenvalue weighted by molar-refractivity contribution is 6.08. The highest BCUT2D eigenvalue weighted by Gasteiger charge is 2.45. The minimum atomic E-state index is -1.08. The van der Waals surface area contributed by atoms with E-state index in [-0.39, 0.29) is 11.9 Å². The van der Waals surface area contributed by atoms with E-state index < -0.39 is 23.8 Å². The number of aromatic nitrogens is 1. The molecule has 0 N–H and O–H groups in total. The van der Waals surface area contributed by atoms with Crippen molar-refractivity contribution in [1.82, 2.24) is 4.57 Å². The second-order valence-corrected chi connectivity index (χ2v) is 7.54. The number of carbonyl (C=O) groups is 3. The first kappa shape index (κ1) is 20.6. The largest absolute Gasteiger partial charge is 0.511 e. The van der Waals surface area contributed by atoms with Crippen molar-refractivity contribution in [2.24, 2.45) is 0 Å². The number of fused-ring (bicyclic) bond motifs is 1. The molecule has 0 aliphatic carbocycles. The minimum absolute atomic E-state index is 0.0948. The summed E-state index contributed by atoms with van der Waals surface area (Å²) in [4.78, 5) is 37.2. The van der Waals surface area contributed by atoms with Crippen LogP contribution in [0.25, 0.3) is 0 Å². The Morgan fingerprint density at radius 2 is 1.66 bits per heavy atom. The first-order valence-corrected chi connectivity index (χ1v) is 9.60. The Bertz CT molecular complexity index is 917. The van der Waals surface area contributed by atoms with Gasteiger partial charge in [0, 0.05) is 24.7 Å². The van der Waals surface area contributed by atoms with E-state index in [9.17, 15) is 14.4 Å². The molecule has 1 aliphatic rings. The van der Waals surface area contributed by atoms with Crippen LogP contribution in [0.2, 0.25) is 0 Å². The monoisotopic (exact) mass is 399 g/mol. The Morgan fingerprint density at radius 1 is 0.966 bits per heavy atom. The van der Waals surface area contributed by atoms with E-state index in [0.717, 1.165) is 0 Å². The van der Waals surface area contributed by atoms with Gasteiger partial charge in [0.05, 0.1) is 11.8 Å². The molecule has 1 unspecified atom stereocenters. The number of rotatable bonds is 6. The number of hydrogen-bond acceptors (Lipinski definition) is 6. The second kappa shape index (κ2) is 8.11. The van der Waals surface area contributed by atoms with Crippen LogP contribution in [0, 0.1) is 0 Å². The van der Waals surface area contributed by atoms with Gasteiger partial charge >= 0.3 is 12.1 Å². The quantitative estimate of drug-likeness (QED) is 0.417. The number of hydrogen-bond donors (Lipinski definition) is 0. The molecule has 2 atom stereocenters. The number of benzene rings is 1. The number of carbonyl (C=O) groups excluding carboxylic acids is 3. The van der Waals surface area contributed by atoms with Crippen LogP contribution in [0.15, 0.2) is 42.5 Å². The number of ketones is 1. The van der Waals surface area contributed by atoms with Crippen LogP contribution in [0.3, 0.4) is 0 Å². The second-order valence-electron chi connectivity index (χ2n) is 7.54. The molecule has 1 aromatic heterocycles. The molecule has 7 heteroatoms. The van der Waals surface area contributed by atoms with E-state index in [1.165, 1.54) is 6.92 Å². The van der Waals surface area contributed by atoms with E-state index in [2.05, 4.69) is 0 Å². The summed E-state index contributed by atoms with van der Waals surface area (Å²) in [5.41, 5.74) is 0.899. The average molecular weight is 399 g/mol. The third-order valence-corrected chi connectivity index (χ3v) is 4.97. The van der Waals surface area contributed by atoms with Crippen LogP contribution in [0.1, 0.15) is 55.9 Å². The predicted octanol–water partition coefficient (Wildman–Crippen LogP) is 3.83. The third kappa shape index (κ3) is 4.18. The van der Waals surface area contributed by atoms with Gasteiger partial charge in [-0.15, -0.1) is 0 Å². The molecule has 7 nitrogen and oxygen atoms in total. The van der Waals surface area contributed by atoms with Crippen molar-refractivity contribution in [2.75, 3.05) is 0 Å². The van der Waals surface area contributed by atoms with Crippen LogP contribution >= 0.6 is 0 Å². The Kier molecular flexibility index (Phi) is 5.77. The average Bonchev–Trinajstić information content (AvgIpc) is 3.23. The molecule has 2 aromatic rings. The maximum atomic E-state index is 12.8. The maximum Gasteiger partial charge on any atom is 0.511 e. The molecule has 1 aliphatic heterocycles. The lowest BCUT2D eigenvalue weighted by molar-refractivity contribution is -0.174. The zero-order valence-corrected chi connectivity index (χ0v) is 17.0. The van der Waals surface area contributed by atoms with Gasteiger partial charge in [-0.1, -0.05) is 30.3 Å². The van der Waals surface area contributed by atoms with Gasteiger partial charge in [0.15, 0.2) is 0 Å². The lowest BCUT2D eigenvalue weighted by atomic mass is 9.86. The Balaban J connectivity index is 1.73. The van der Waals surface area contributed by atoms with E-state index >= 15 is 0 Å². The van der Waals surface area contributed by atoms with Crippen molar-refractivity contribution >= 4 is 17.9 Å². The normalized spacial score (nSPS) is 18.8. The SMILES string of the molecule is CC(C)OC(=O)OC(C)OC(=O)[C@@]1(C)CCn2c(C(=O)c3ccccc3)ccc21. The summed E-state index contributed by atoms with van der Waals surface area (Å²) in [5.74, 6) is -0.611. The fourth-order valence-electron chi connectivity index (χ4n) is 3.46. The molecule has 29 heavy (non-hydrogen) atoms. The molecule has 0 bridgehead atoms. The van der Waals surface area contributed by atoms with Gasteiger partial charge in [-0.3, -0.25) is 9.59 Å². The zero-order chi connectivity index (χ0) is 21.2. The highest BCUT2D eigenvalue weighted by Crippen LogP contribution is 2.38.